The lowest BCUT2D eigenvalue weighted by atomic mass is 9.88. The molecule has 0 spiro atoms. The minimum Gasteiger partial charge on any atom is -0.496 e. The molecule has 2 aliphatic heterocycles. The topological polar surface area (TPSA) is 84.0 Å². The van der Waals surface area contributed by atoms with Gasteiger partial charge in [-0.2, -0.15) is 0 Å². The zero-order valence-electron chi connectivity index (χ0n) is 19.3. The predicted molar refractivity (Wildman–Crippen MR) is 125 cm³/mol. The summed E-state index contributed by atoms with van der Waals surface area (Å²) in [5.74, 6) is 0.826. The van der Waals surface area contributed by atoms with Crippen LogP contribution in [-0.4, -0.2) is 53.9 Å². The van der Waals surface area contributed by atoms with Crippen LogP contribution in [0.1, 0.15) is 58.9 Å². The summed E-state index contributed by atoms with van der Waals surface area (Å²) in [7, 11) is 1.72. The number of piperidine rings is 1. The fraction of sp³-hybridized carbons (Fsp3) is 0.423. The number of aromatic carboxylic acids is 1. The molecule has 0 aliphatic carbocycles. The Kier molecular flexibility index (Phi) is 5.76. The lowest BCUT2D eigenvalue weighted by Gasteiger charge is -2.45. The number of methoxy groups -OCH3 is 1. The molecule has 3 atom stereocenters. The van der Waals surface area contributed by atoms with Gasteiger partial charge in [0.15, 0.2) is 0 Å². The molecule has 2 aromatic carbocycles. The number of carbonyl (C=O) groups is 1. The Hall–Kier alpha value is -3.03. The lowest BCUT2D eigenvalue weighted by molar-refractivity contribution is -0.0335. The molecule has 1 unspecified atom stereocenters. The summed E-state index contributed by atoms with van der Waals surface area (Å²) < 4.78 is 18.1. The summed E-state index contributed by atoms with van der Waals surface area (Å²) in [4.78, 5) is 17.2. The van der Waals surface area contributed by atoms with Crippen LogP contribution in [0, 0.1) is 6.92 Å². The van der Waals surface area contributed by atoms with Crippen LogP contribution in [0.5, 0.6) is 11.5 Å². The van der Waals surface area contributed by atoms with Crippen LogP contribution in [0.4, 0.5) is 0 Å². The van der Waals surface area contributed by atoms with Crippen LogP contribution in [0.25, 0.3) is 10.9 Å². The van der Waals surface area contributed by atoms with Gasteiger partial charge < -0.3 is 24.3 Å². The minimum atomic E-state index is -0.915. The van der Waals surface area contributed by atoms with Crippen LogP contribution in [0.3, 0.4) is 0 Å². The number of hydrogen-bond acceptors (Lipinski definition) is 5. The number of nitrogens with one attached hydrogen (secondary N) is 1. The highest BCUT2D eigenvalue weighted by Gasteiger charge is 2.39. The molecule has 0 radical (unpaired) electrons. The summed E-state index contributed by atoms with van der Waals surface area (Å²) in [5, 5.41) is 10.4. The maximum Gasteiger partial charge on any atom is 0.335 e. The Bertz CT molecular complexity index is 1170. The van der Waals surface area contributed by atoms with Crippen molar-refractivity contribution in [2.24, 2.45) is 0 Å². The first kappa shape index (κ1) is 21.8. The first-order valence-electron chi connectivity index (χ1n) is 11.5. The third-order valence-electron chi connectivity index (χ3n) is 7.01. The van der Waals surface area contributed by atoms with Gasteiger partial charge in [0.1, 0.15) is 18.1 Å². The molecule has 1 aromatic heterocycles. The summed E-state index contributed by atoms with van der Waals surface area (Å²) in [6, 6.07) is 9.43. The second-order valence-electron chi connectivity index (χ2n) is 8.82. The van der Waals surface area contributed by atoms with E-state index in [1.807, 2.05) is 25.3 Å². The Balaban J connectivity index is 1.58. The first-order chi connectivity index (χ1) is 16.0. The van der Waals surface area contributed by atoms with Crippen molar-refractivity contribution >= 4 is 16.9 Å². The summed E-state index contributed by atoms with van der Waals surface area (Å²) in [6.45, 7) is 6.16. The molecule has 0 saturated carbocycles. The molecule has 1 saturated heterocycles. The van der Waals surface area contributed by atoms with Crippen molar-refractivity contribution in [3.8, 4) is 11.5 Å². The zero-order valence-corrected chi connectivity index (χ0v) is 19.3. The average Bonchev–Trinajstić information content (AvgIpc) is 3.27. The van der Waals surface area contributed by atoms with Gasteiger partial charge in [0.2, 0.25) is 0 Å². The van der Waals surface area contributed by atoms with Crippen molar-refractivity contribution < 1.29 is 24.1 Å². The Morgan fingerprint density at radius 1 is 1.27 bits per heavy atom. The van der Waals surface area contributed by atoms with Gasteiger partial charge in [-0.05, 0) is 56.0 Å². The van der Waals surface area contributed by atoms with E-state index in [-0.39, 0.29) is 18.2 Å². The van der Waals surface area contributed by atoms with Crippen LogP contribution in [0.2, 0.25) is 0 Å². The number of aryl methyl sites for hydroxylation is 1. The molecule has 7 nitrogen and oxygen atoms in total. The molecular formula is C26H30N2O5. The van der Waals surface area contributed by atoms with Gasteiger partial charge in [-0.25, -0.2) is 4.79 Å². The van der Waals surface area contributed by atoms with Gasteiger partial charge in [-0.3, -0.25) is 4.90 Å². The maximum atomic E-state index is 11.4. The Morgan fingerprint density at radius 2 is 2.06 bits per heavy atom. The third kappa shape index (κ3) is 3.75. The van der Waals surface area contributed by atoms with E-state index in [0.29, 0.717) is 18.8 Å². The molecule has 0 bridgehead atoms. The molecule has 174 valence electrons. The molecule has 1 fully saturated rings. The maximum absolute atomic E-state index is 11.4. The van der Waals surface area contributed by atoms with Gasteiger partial charge in [-0.1, -0.05) is 12.1 Å². The zero-order chi connectivity index (χ0) is 23.1. The fourth-order valence-electron chi connectivity index (χ4n) is 5.47. The average molecular weight is 451 g/mol. The number of likely N-dealkylation sites (tertiary alicyclic amines) is 1. The minimum absolute atomic E-state index is 0.0121. The monoisotopic (exact) mass is 450 g/mol. The number of carboxylic acid groups (broad SMARTS) is 1. The van der Waals surface area contributed by atoms with Gasteiger partial charge in [0.05, 0.1) is 35.7 Å². The summed E-state index contributed by atoms with van der Waals surface area (Å²) in [5.41, 5.74) is 4.74. The Morgan fingerprint density at radius 3 is 2.76 bits per heavy atom. The highest BCUT2D eigenvalue weighted by molar-refractivity contribution is 5.94. The molecule has 5 rings (SSSR count). The van der Waals surface area contributed by atoms with Crippen molar-refractivity contribution in [1.29, 1.82) is 0 Å². The van der Waals surface area contributed by atoms with E-state index >= 15 is 0 Å². The van der Waals surface area contributed by atoms with Crippen molar-refractivity contribution in [3.05, 3.63) is 58.8 Å². The van der Waals surface area contributed by atoms with Crippen molar-refractivity contribution in [1.82, 2.24) is 9.88 Å². The predicted octanol–water partition coefficient (Wildman–Crippen LogP) is 4.86. The van der Waals surface area contributed by atoms with Crippen molar-refractivity contribution in [2.45, 2.75) is 44.9 Å². The van der Waals surface area contributed by atoms with Crippen LogP contribution >= 0.6 is 0 Å². The number of nitrogens with zero attached hydrogens (tertiary/aromatic N) is 1. The van der Waals surface area contributed by atoms with E-state index in [1.54, 1.807) is 19.2 Å². The largest absolute Gasteiger partial charge is 0.496 e. The molecule has 2 N–H and O–H groups in total. The number of H-pyrrole nitrogens is 1. The normalized spacial score (nSPS) is 22.8. The lowest BCUT2D eigenvalue weighted by Crippen LogP contribution is -2.44. The third-order valence-corrected chi connectivity index (χ3v) is 7.01. The number of aromatic amines is 1. The van der Waals surface area contributed by atoms with Crippen LogP contribution in [0.15, 0.2) is 36.5 Å². The summed E-state index contributed by atoms with van der Waals surface area (Å²) in [6.07, 6.45) is 3.88. The van der Waals surface area contributed by atoms with Gasteiger partial charge in [0, 0.05) is 31.0 Å². The molecular weight excluding hydrogens is 420 g/mol. The van der Waals surface area contributed by atoms with E-state index in [1.165, 1.54) is 0 Å². The Labute approximate surface area is 193 Å². The molecule has 33 heavy (non-hydrogen) atoms. The standard InChI is InChI=1S/C26H30N2O5/c1-4-32-18-9-10-28(19(12-18)16-5-7-17(8-6-16)26(29)30)20-14-33-22-13-27-25-15(2)11-21(31-3)23(20)24(22)25/h5-8,11,13,18-20,27H,4,9-10,12,14H2,1-3H3,(H,29,30)/t18-,19-,20?/m0/s1. The van der Waals surface area contributed by atoms with E-state index in [9.17, 15) is 9.90 Å². The smallest absolute Gasteiger partial charge is 0.335 e. The van der Waals surface area contributed by atoms with Gasteiger partial charge >= 0.3 is 5.97 Å². The SMILES string of the molecule is CCO[C@H]1CCN(C2COc3c[nH]c4c(C)cc(OC)c2c34)[C@H](c2ccc(C(=O)O)cc2)C1. The summed E-state index contributed by atoms with van der Waals surface area (Å²) >= 11 is 0. The van der Waals surface area contributed by atoms with E-state index in [0.717, 1.165) is 58.5 Å². The van der Waals surface area contributed by atoms with Crippen molar-refractivity contribution in [2.75, 3.05) is 26.9 Å². The van der Waals surface area contributed by atoms with Crippen LogP contribution in [-0.2, 0) is 4.74 Å². The van der Waals surface area contributed by atoms with Gasteiger partial charge in [0.25, 0.3) is 0 Å². The van der Waals surface area contributed by atoms with Crippen LogP contribution < -0.4 is 9.47 Å². The second kappa shape index (κ2) is 8.72. The number of ether oxygens (including phenoxy) is 3. The first-order valence-corrected chi connectivity index (χ1v) is 11.5. The second-order valence-corrected chi connectivity index (χ2v) is 8.82. The molecule has 3 heterocycles. The molecule has 7 heteroatoms. The number of aromatic nitrogens is 1. The molecule has 0 amide bonds. The van der Waals surface area contributed by atoms with E-state index < -0.39 is 5.97 Å². The molecule has 3 aromatic rings. The fourth-order valence-corrected chi connectivity index (χ4v) is 5.47. The number of hydrogen-bond donors (Lipinski definition) is 2. The van der Waals surface area contributed by atoms with E-state index in [4.69, 9.17) is 14.2 Å². The van der Waals surface area contributed by atoms with Crippen molar-refractivity contribution in [3.63, 3.8) is 0 Å². The van der Waals surface area contributed by atoms with Gasteiger partial charge in [-0.15, -0.1) is 0 Å². The number of carboxylic acids is 1. The number of benzene rings is 2. The highest BCUT2D eigenvalue weighted by atomic mass is 16.5. The van der Waals surface area contributed by atoms with E-state index in [2.05, 4.69) is 22.9 Å². The number of rotatable bonds is 6. The highest BCUT2D eigenvalue weighted by Crippen LogP contribution is 2.48. The molecule has 2 aliphatic rings. The quantitative estimate of drug-likeness (QED) is 0.558.